The monoisotopic (exact) mass is 318 g/mol. The van der Waals surface area contributed by atoms with Gasteiger partial charge in [0.15, 0.2) is 3.79 Å². The van der Waals surface area contributed by atoms with Crippen LogP contribution < -0.4 is 0 Å². The van der Waals surface area contributed by atoms with Gasteiger partial charge in [-0.05, 0) is 18.5 Å². The van der Waals surface area contributed by atoms with Crippen molar-refractivity contribution in [3.8, 4) is 0 Å². The molecule has 0 aliphatic rings. The Kier molecular flexibility index (Phi) is 7.26. The molecule has 9 heteroatoms. The van der Waals surface area contributed by atoms with E-state index in [-0.39, 0.29) is 0 Å². The summed E-state index contributed by atoms with van der Waals surface area (Å²) < 4.78 is 29.5. The van der Waals surface area contributed by atoms with Crippen molar-refractivity contribution in [1.82, 2.24) is 0 Å². The lowest BCUT2D eigenvalue weighted by Gasteiger charge is -2.13. The van der Waals surface area contributed by atoms with Crippen LogP contribution in [0.2, 0.25) is 0 Å². The Morgan fingerprint density at radius 3 is 0.846 bits per heavy atom. The highest BCUT2D eigenvalue weighted by Gasteiger charge is 2.51. The highest BCUT2D eigenvalue weighted by atomic mass is 35.6. The summed E-state index contributed by atoms with van der Waals surface area (Å²) in [6.45, 7) is 1.48. The molecule has 0 atom stereocenters. The molecule has 0 saturated heterocycles. The van der Waals surface area contributed by atoms with E-state index in [0.29, 0.717) is 0 Å². The van der Waals surface area contributed by atoms with Crippen molar-refractivity contribution in [1.29, 1.82) is 0 Å². The molecule has 0 fully saturated rings. The lowest BCUT2D eigenvalue weighted by molar-refractivity contribution is 0.0241. The molecule has 0 aromatic rings. The molecule has 0 aromatic carbocycles. The van der Waals surface area contributed by atoms with E-state index in [1.54, 1.807) is 0 Å². The molecule has 0 N–H and O–H groups in total. The molecular weight excluding hydrogens is 318 g/mol. The second-order valence-corrected chi connectivity index (χ2v) is 6.33. The normalized spacial score (nSPS) is 13.4. The maximum atomic E-state index is 11.5. The molecule has 13 heavy (non-hydrogen) atoms. The van der Waals surface area contributed by atoms with E-state index < -0.39 is 13.8 Å². The third kappa shape index (κ3) is 16.2. The summed E-state index contributed by atoms with van der Waals surface area (Å²) in [6.07, 6.45) is 0. The maximum Gasteiger partial charge on any atom is 0.383 e. The largest absolute Gasteiger partial charge is 0.383 e. The molecule has 0 aliphatic carbocycles. The zero-order valence-electron chi connectivity index (χ0n) is 5.90. The van der Waals surface area contributed by atoms with Crippen molar-refractivity contribution in [3.05, 3.63) is 0 Å². The van der Waals surface area contributed by atoms with Gasteiger partial charge in [0.1, 0.15) is 0 Å². The van der Waals surface area contributed by atoms with E-state index in [0.717, 1.165) is 0 Å². The van der Waals surface area contributed by atoms with Gasteiger partial charge in [-0.15, -0.1) is 0 Å². The number of hydrogen-bond donors (Lipinski definition) is 0. The van der Waals surface area contributed by atoms with Crippen LogP contribution in [0.25, 0.3) is 0 Å². The molecule has 0 aliphatic heterocycles. The van der Waals surface area contributed by atoms with Crippen molar-refractivity contribution in [2.75, 3.05) is 0 Å². The van der Waals surface area contributed by atoms with Crippen LogP contribution in [0.1, 0.15) is 6.92 Å². The molecule has 0 radical (unpaired) electrons. The Balaban J connectivity index is 0. The molecule has 0 spiro atoms. The van der Waals surface area contributed by atoms with Crippen LogP contribution in [0, 0.1) is 0 Å². The molecule has 0 bridgehead atoms. The van der Waals surface area contributed by atoms with E-state index in [1.807, 2.05) is 0 Å². The summed E-state index contributed by atoms with van der Waals surface area (Å²) in [7, 11) is 0. The van der Waals surface area contributed by atoms with Gasteiger partial charge < -0.3 is 0 Å². The van der Waals surface area contributed by atoms with Crippen LogP contribution in [0.4, 0.5) is 13.2 Å². The first-order valence-electron chi connectivity index (χ1n) is 2.45. The van der Waals surface area contributed by atoms with E-state index >= 15 is 0 Å². The minimum absolute atomic E-state index is 1.08. The Morgan fingerprint density at radius 2 is 0.846 bits per heavy atom. The topological polar surface area (TPSA) is 0 Å². The number of rotatable bonds is 1. The molecule has 0 rings (SSSR count). The van der Waals surface area contributed by atoms with Crippen LogP contribution in [0.3, 0.4) is 0 Å². The smallest absolute Gasteiger partial charge is 0.199 e. The van der Waals surface area contributed by atoms with Gasteiger partial charge >= 0.3 is 9.97 Å². The third-order valence-corrected chi connectivity index (χ3v) is 1.25. The SMILES string of the molecule is CC(Cl)(Cl)Cl.FC(F)(Cl)C(F)(Cl)Cl. The average molecular weight is 321 g/mol. The highest BCUT2D eigenvalue weighted by Crippen LogP contribution is 2.42. The molecule has 0 nitrogen and oxygen atoms in total. The quantitative estimate of drug-likeness (QED) is 0.575. The van der Waals surface area contributed by atoms with Crippen molar-refractivity contribution < 1.29 is 13.2 Å². The fourth-order valence-electron chi connectivity index (χ4n) is 0. The van der Waals surface area contributed by atoms with Gasteiger partial charge in [0, 0.05) is 0 Å². The van der Waals surface area contributed by atoms with Crippen molar-refractivity contribution in [2.45, 2.75) is 20.7 Å². The zero-order valence-corrected chi connectivity index (χ0v) is 10.4. The molecule has 0 amide bonds. The van der Waals surface area contributed by atoms with Gasteiger partial charge in [-0.1, -0.05) is 58.0 Å². The lowest BCUT2D eigenvalue weighted by Crippen LogP contribution is -2.27. The van der Waals surface area contributed by atoms with Crippen LogP contribution in [-0.2, 0) is 0 Å². The third-order valence-electron chi connectivity index (χ3n) is 0.321. The van der Waals surface area contributed by atoms with Crippen molar-refractivity contribution >= 4 is 69.6 Å². The number of hydrogen-bond acceptors (Lipinski definition) is 0. The molecule has 0 aromatic heterocycles. The summed E-state index contributed by atoms with van der Waals surface area (Å²) in [4.78, 5) is 0. The van der Waals surface area contributed by atoms with Crippen molar-refractivity contribution in [2.24, 2.45) is 0 Å². The van der Waals surface area contributed by atoms with Crippen LogP contribution in [0.5, 0.6) is 0 Å². The van der Waals surface area contributed by atoms with E-state index in [4.69, 9.17) is 34.8 Å². The summed E-state index contributed by atoms with van der Waals surface area (Å²) >= 11 is 27.7. The van der Waals surface area contributed by atoms with Crippen LogP contribution in [-0.4, -0.2) is 13.8 Å². The summed E-state index contributed by atoms with van der Waals surface area (Å²) in [5.74, 6) is 0. The highest BCUT2D eigenvalue weighted by molar-refractivity contribution is 6.67. The number of alkyl halides is 9. The van der Waals surface area contributed by atoms with E-state index in [1.165, 1.54) is 6.92 Å². The van der Waals surface area contributed by atoms with Gasteiger partial charge in [0.2, 0.25) is 0 Å². The molecule has 82 valence electrons. The summed E-state index contributed by atoms with van der Waals surface area (Å²) in [5.41, 5.74) is 0. The summed E-state index contributed by atoms with van der Waals surface area (Å²) in [5, 5.41) is -4.23. The minimum atomic E-state index is -4.23. The van der Waals surface area contributed by atoms with Gasteiger partial charge in [-0.3, -0.25) is 0 Å². The second-order valence-electron chi connectivity index (χ2n) is 1.78. The fourth-order valence-corrected chi connectivity index (χ4v) is 0. The van der Waals surface area contributed by atoms with Gasteiger partial charge in [-0.2, -0.15) is 13.2 Å². The molecule has 0 saturated carbocycles. The second kappa shape index (κ2) is 5.57. The molecular formula is C4H3Cl6F3. The summed E-state index contributed by atoms with van der Waals surface area (Å²) in [6, 6.07) is 0. The first-order valence-corrected chi connectivity index (χ1v) is 4.72. The Bertz CT molecular complexity index is 123. The fraction of sp³-hybridized carbons (Fsp3) is 1.00. The van der Waals surface area contributed by atoms with Crippen LogP contribution >= 0.6 is 69.6 Å². The Labute approximate surface area is 103 Å². The zero-order chi connectivity index (χ0) is 11.5. The van der Waals surface area contributed by atoms with Gasteiger partial charge in [0.05, 0.1) is 0 Å². The Hall–Kier alpha value is 1.53. The van der Waals surface area contributed by atoms with Crippen LogP contribution in [0.15, 0.2) is 0 Å². The predicted octanol–water partition coefficient (Wildman–Crippen LogP) is 5.30. The Morgan fingerprint density at radius 1 is 0.769 bits per heavy atom. The standard InChI is InChI=1S/C2Cl3F3.C2H3Cl3/c3-1(4,6)2(5,7)8;1-2(3,4)5/h;1H3. The van der Waals surface area contributed by atoms with Crippen molar-refractivity contribution in [3.63, 3.8) is 0 Å². The predicted molar refractivity (Wildman–Crippen MR) is 52.3 cm³/mol. The number of halogens is 9. The minimum Gasteiger partial charge on any atom is -0.199 e. The van der Waals surface area contributed by atoms with Gasteiger partial charge in [-0.25, -0.2) is 0 Å². The molecule has 0 heterocycles. The lowest BCUT2D eigenvalue weighted by atomic mass is 10.8. The average Bonchev–Trinajstić information content (AvgIpc) is 1.50. The van der Waals surface area contributed by atoms with E-state index in [2.05, 4.69) is 34.8 Å². The maximum absolute atomic E-state index is 11.5. The first-order chi connectivity index (χ1) is 5.25. The molecule has 0 unspecified atom stereocenters. The first kappa shape index (κ1) is 16.9. The van der Waals surface area contributed by atoms with E-state index in [9.17, 15) is 13.2 Å². The van der Waals surface area contributed by atoms with Gasteiger partial charge in [0.25, 0.3) is 0 Å².